The zero-order valence-corrected chi connectivity index (χ0v) is 10.1. The topological polar surface area (TPSA) is 31.2 Å². The van der Waals surface area contributed by atoms with E-state index in [0.717, 1.165) is 28.6 Å². The van der Waals surface area contributed by atoms with Crippen molar-refractivity contribution in [2.75, 3.05) is 7.11 Å². The first-order valence-electron chi connectivity index (χ1n) is 5.88. The first-order chi connectivity index (χ1) is 8.27. The number of rotatable bonds is 3. The lowest BCUT2D eigenvalue weighted by Gasteiger charge is -2.04. The maximum atomic E-state index is 11.3. The van der Waals surface area contributed by atoms with Crippen molar-refractivity contribution in [3.63, 3.8) is 0 Å². The Morgan fingerprint density at radius 3 is 2.76 bits per heavy atom. The number of methoxy groups -OCH3 is 1. The fourth-order valence-corrected chi connectivity index (χ4v) is 2.63. The van der Waals surface area contributed by atoms with Crippen molar-refractivity contribution in [3.05, 3.63) is 29.5 Å². The van der Waals surface area contributed by atoms with Gasteiger partial charge < -0.3 is 9.30 Å². The number of ether oxygens (including phenoxy) is 1. The van der Waals surface area contributed by atoms with E-state index in [-0.39, 0.29) is 0 Å². The van der Waals surface area contributed by atoms with Crippen LogP contribution >= 0.6 is 0 Å². The number of aromatic nitrogens is 1. The van der Waals surface area contributed by atoms with E-state index >= 15 is 0 Å². The van der Waals surface area contributed by atoms with Gasteiger partial charge in [-0.15, -0.1) is 0 Å². The van der Waals surface area contributed by atoms with Crippen LogP contribution in [0.5, 0.6) is 5.75 Å². The molecule has 0 unspecified atom stereocenters. The van der Waals surface area contributed by atoms with E-state index in [1.54, 1.807) is 7.11 Å². The molecule has 0 bridgehead atoms. The smallest absolute Gasteiger partial charge is 0.166 e. The average Bonchev–Trinajstić information content (AvgIpc) is 3.14. The van der Waals surface area contributed by atoms with Crippen molar-refractivity contribution < 1.29 is 9.53 Å². The van der Waals surface area contributed by atoms with Gasteiger partial charge in [-0.2, -0.15) is 0 Å². The lowest BCUT2D eigenvalue weighted by molar-refractivity contribution is 0.111. The molecule has 1 heterocycles. The molecule has 0 N–H and O–H groups in total. The monoisotopic (exact) mass is 229 g/mol. The van der Waals surface area contributed by atoms with Crippen molar-refractivity contribution in [2.24, 2.45) is 7.05 Å². The highest BCUT2D eigenvalue weighted by Crippen LogP contribution is 2.46. The Morgan fingerprint density at radius 2 is 2.18 bits per heavy atom. The SMILES string of the molecule is COc1cccc2c(C3CC3)c(C=O)n(C)c12. The van der Waals surface area contributed by atoms with E-state index in [1.165, 1.54) is 18.4 Å². The van der Waals surface area contributed by atoms with Crippen molar-refractivity contribution in [1.82, 2.24) is 4.57 Å². The highest BCUT2D eigenvalue weighted by atomic mass is 16.5. The molecule has 1 saturated carbocycles. The van der Waals surface area contributed by atoms with E-state index in [9.17, 15) is 4.79 Å². The Labute approximate surface area is 100.0 Å². The van der Waals surface area contributed by atoms with Gasteiger partial charge in [-0.1, -0.05) is 12.1 Å². The summed E-state index contributed by atoms with van der Waals surface area (Å²) in [5.41, 5.74) is 3.03. The largest absolute Gasteiger partial charge is 0.495 e. The fraction of sp³-hybridized carbons (Fsp3) is 0.357. The maximum Gasteiger partial charge on any atom is 0.166 e. The number of nitrogens with zero attached hydrogens (tertiary/aromatic N) is 1. The first kappa shape index (κ1) is 10.4. The number of fused-ring (bicyclic) bond motifs is 1. The zero-order valence-electron chi connectivity index (χ0n) is 10.1. The number of hydrogen-bond donors (Lipinski definition) is 0. The van der Waals surface area contributed by atoms with Crippen LogP contribution in [-0.4, -0.2) is 18.0 Å². The lowest BCUT2D eigenvalue weighted by Crippen LogP contribution is -1.97. The standard InChI is InChI=1S/C14H15NO2/c1-15-11(8-16)13(9-6-7-9)10-4-3-5-12(17-2)14(10)15/h3-5,8-9H,6-7H2,1-2H3. The highest BCUT2D eigenvalue weighted by molar-refractivity contribution is 5.97. The molecule has 1 aromatic heterocycles. The molecule has 0 radical (unpaired) electrons. The third-order valence-corrected chi connectivity index (χ3v) is 3.58. The van der Waals surface area contributed by atoms with E-state index in [4.69, 9.17) is 4.74 Å². The van der Waals surface area contributed by atoms with Crippen LogP contribution in [0.3, 0.4) is 0 Å². The molecule has 1 fully saturated rings. The van der Waals surface area contributed by atoms with Gasteiger partial charge in [-0.25, -0.2) is 0 Å². The Bertz CT molecular complexity index is 594. The molecular formula is C14H15NO2. The second-order valence-corrected chi connectivity index (χ2v) is 4.61. The van der Waals surface area contributed by atoms with Crippen LogP contribution in [0, 0.1) is 0 Å². The summed E-state index contributed by atoms with van der Waals surface area (Å²) >= 11 is 0. The summed E-state index contributed by atoms with van der Waals surface area (Å²) in [6, 6.07) is 6.01. The fourth-order valence-electron chi connectivity index (χ4n) is 2.63. The van der Waals surface area contributed by atoms with Gasteiger partial charge in [-0.3, -0.25) is 4.79 Å². The molecule has 0 atom stereocenters. The first-order valence-corrected chi connectivity index (χ1v) is 5.88. The zero-order chi connectivity index (χ0) is 12.0. The van der Waals surface area contributed by atoms with Gasteiger partial charge in [0, 0.05) is 12.4 Å². The summed E-state index contributed by atoms with van der Waals surface area (Å²) in [5.74, 6) is 1.39. The van der Waals surface area contributed by atoms with Gasteiger partial charge in [0.25, 0.3) is 0 Å². The molecule has 2 aromatic rings. The van der Waals surface area contributed by atoms with E-state index in [0.29, 0.717) is 5.92 Å². The Hall–Kier alpha value is -1.77. The Balaban J connectivity index is 2.41. The molecule has 3 rings (SSSR count). The number of hydrogen-bond acceptors (Lipinski definition) is 2. The highest BCUT2D eigenvalue weighted by Gasteiger charge is 2.31. The van der Waals surface area contributed by atoms with Gasteiger partial charge in [0.15, 0.2) is 6.29 Å². The van der Waals surface area contributed by atoms with Crippen LogP contribution in [0.1, 0.15) is 34.8 Å². The molecule has 3 heteroatoms. The molecular weight excluding hydrogens is 214 g/mol. The predicted octanol–water partition coefficient (Wildman–Crippen LogP) is 2.88. The van der Waals surface area contributed by atoms with Crippen LogP contribution in [0.4, 0.5) is 0 Å². The lowest BCUT2D eigenvalue weighted by atomic mass is 10.1. The van der Waals surface area contributed by atoms with Crippen molar-refractivity contribution in [3.8, 4) is 5.75 Å². The van der Waals surface area contributed by atoms with Crippen molar-refractivity contribution >= 4 is 17.2 Å². The van der Waals surface area contributed by atoms with Crippen molar-refractivity contribution in [2.45, 2.75) is 18.8 Å². The minimum Gasteiger partial charge on any atom is -0.495 e. The Morgan fingerprint density at radius 1 is 1.41 bits per heavy atom. The van der Waals surface area contributed by atoms with Crippen molar-refractivity contribution in [1.29, 1.82) is 0 Å². The number of para-hydroxylation sites is 1. The second-order valence-electron chi connectivity index (χ2n) is 4.61. The minimum atomic E-state index is 0.561. The molecule has 1 aromatic carbocycles. The van der Waals surface area contributed by atoms with Gasteiger partial charge >= 0.3 is 0 Å². The van der Waals surface area contributed by atoms with Crippen LogP contribution in [-0.2, 0) is 7.05 Å². The number of aryl methyl sites for hydroxylation is 1. The van der Waals surface area contributed by atoms with E-state index in [2.05, 4.69) is 6.07 Å². The molecule has 88 valence electrons. The molecule has 1 aliphatic rings. The molecule has 0 spiro atoms. The van der Waals surface area contributed by atoms with Crippen LogP contribution in [0.2, 0.25) is 0 Å². The quantitative estimate of drug-likeness (QED) is 0.758. The summed E-state index contributed by atoms with van der Waals surface area (Å²) in [7, 11) is 3.60. The van der Waals surface area contributed by atoms with Crippen LogP contribution in [0.15, 0.2) is 18.2 Å². The normalized spacial score (nSPS) is 15.2. The minimum absolute atomic E-state index is 0.561. The molecule has 0 amide bonds. The Kier molecular flexibility index (Phi) is 2.21. The third-order valence-electron chi connectivity index (χ3n) is 3.58. The van der Waals surface area contributed by atoms with Gasteiger partial charge in [0.1, 0.15) is 5.75 Å². The second kappa shape index (κ2) is 3.62. The number of benzene rings is 1. The molecule has 0 aliphatic heterocycles. The molecule has 0 saturated heterocycles. The number of carbonyl (C=O) groups is 1. The third kappa shape index (κ3) is 1.38. The number of carbonyl (C=O) groups excluding carboxylic acids is 1. The summed E-state index contributed by atoms with van der Waals surface area (Å²) in [4.78, 5) is 11.3. The molecule has 1 aliphatic carbocycles. The molecule has 17 heavy (non-hydrogen) atoms. The summed E-state index contributed by atoms with van der Waals surface area (Å²) in [6.45, 7) is 0. The van der Waals surface area contributed by atoms with E-state index in [1.807, 2.05) is 23.7 Å². The molecule has 3 nitrogen and oxygen atoms in total. The average molecular weight is 229 g/mol. The summed E-state index contributed by atoms with van der Waals surface area (Å²) < 4.78 is 7.34. The number of aldehydes is 1. The maximum absolute atomic E-state index is 11.3. The van der Waals surface area contributed by atoms with Crippen LogP contribution in [0.25, 0.3) is 10.9 Å². The van der Waals surface area contributed by atoms with Crippen LogP contribution < -0.4 is 4.74 Å². The predicted molar refractivity (Wildman–Crippen MR) is 66.8 cm³/mol. The summed E-state index contributed by atoms with van der Waals surface area (Å²) in [6.07, 6.45) is 3.35. The van der Waals surface area contributed by atoms with Gasteiger partial charge in [0.2, 0.25) is 0 Å². The van der Waals surface area contributed by atoms with Gasteiger partial charge in [-0.05, 0) is 30.4 Å². The van der Waals surface area contributed by atoms with Gasteiger partial charge in [0.05, 0.1) is 18.3 Å². The summed E-state index contributed by atoms with van der Waals surface area (Å²) in [5, 5.41) is 1.16. The van der Waals surface area contributed by atoms with E-state index < -0.39 is 0 Å².